The molecular formula is C20H24N2O2. The van der Waals surface area contributed by atoms with E-state index in [1.165, 1.54) is 5.56 Å². The second-order valence-electron chi connectivity index (χ2n) is 6.21. The molecule has 1 fully saturated rings. The largest absolute Gasteiger partial charge is 0.483 e. The number of rotatable bonds is 6. The van der Waals surface area contributed by atoms with Crippen LogP contribution in [-0.2, 0) is 11.2 Å². The van der Waals surface area contributed by atoms with Gasteiger partial charge in [-0.15, -0.1) is 0 Å². The Morgan fingerprint density at radius 1 is 1.17 bits per heavy atom. The van der Waals surface area contributed by atoms with Gasteiger partial charge in [0.25, 0.3) is 5.91 Å². The predicted molar refractivity (Wildman–Crippen MR) is 95.2 cm³/mol. The number of carbonyl (C=O) groups excluding carboxylic acids is 1. The van der Waals surface area contributed by atoms with Crippen molar-refractivity contribution < 1.29 is 9.53 Å². The zero-order valence-electron chi connectivity index (χ0n) is 14.1. The fourth-order valence-electron chi connectivity index (χ4n) is 3.02. The maximum absolute atomic E-state index is 12.3. The van der Waals surface area contributed by atoms with Crippen molar-refractivity contribution in [3.63, 3.8) is 0 Å². The van der Waals surface area contributed by atoms with Gasteiger partial charge in [-0.3, -0.25) is 4.79 Å². The molecule has 1 aliphatic rings. The molecule has 2 aromatic rings. The van der Waals surface area contributed by atoms with E-state index >= 15 is 0 Å². The highest BCUT2D eigenvalue weighted by molar-refractivity contribution is 5.78. The van der Waals surface area contributed by atoms with E-state index < -0.39 is 0 Å². The minimum atomic E-state index is 0.0261. The van der Waals surface area contributed by atoms with Gasteiger partial charge in [0, 0.05) is 26.1 Å². The molecule has 1 N–H and O–H groups in total. The van der Waals surface area contributed by atoms with Crippen molar-refractivity contribution in [2.24, 2.45) is 0 Å². The molecule has 1 heterocycles. The highest BCUT2D eigenvalue weighted by Gasteiger charge is 2.23. The highest BCUT2D eigenvalue weighted by Crippen LogP contribution is 2.21. The summed E-state index contributed by atoms with van der Waals surface area (Å²) in [6.07, 6.45) is 1.81. The van der Waals surface area contributed by atoms with Crippen LogP contribution in [0.5, 0.6) is 5.75 Å². The molecule has 0 aromatic heterocycles. The van der Waals surface area contributed by atoms with Crippen molar-refractivity contribution in [3.05, 3.63) is 65.7 Å². The lowest BCUT2D eigenvalue weighted by atomic mass is 10.0. The summed E-state index contributed by atoms with van der Waals surface area (Å²) < 4.78 is 5.84. The van der Waals surface area contributed by atoms with Crippen molar-refractivity contribution in [1.29, 1.82) is 0 Å². The van der Waals surface area contributed by atoms with Crippen molar-refractivity contribution in [3.8, 4) is 5.75 Å². The third kappa shape index (κ3) is 4.15. The van der Waals surface area contributed by atoms with Crippen LogP contribution in [0.2, 0.25) is 0 Å². The molecule has 1 aliphatic heterocycles. The zero-order valence-corrected chi connectivity index (χ0v) is 14.1. The third-order valence-electron chi connectivity index (χ3n) is 4.54. The van der Waals surface area contributed by atoms with Gasteiger partial charge in [-0.25, -0.2) is 0 Å². The summed E-state index contributed by atoms with van der Waals surface area (Å²) >= 11 is 0. The number of hydrogen-bond acceptors (Lipinski definition) is 3. The average Bonchev–Trinajstić information content (AvgIpc) is 3.15. The van der Waals surface area contributed by atoms with Gasteiger partial charge in [-0.2, -0.15) is 0 Å². The monoisotopic (exact) mass is 324 g/mol. The Bertz CT molecular complexity index is 666. The first kappa shape index (κ1) is 16.5. The number of carbonyl (C=O) groups is 1. The highest BCUT2D eigenvalue weighted by atomic mass is 16.5. The number of nitrogens with one attached hydrogen (secondary N) is 1. The standard InChI is InChI=1S/C20H24N2O2/c1-22(18-11-12-21-14-18)20(23)15-24-19-10-6-5-9-17(19)13-16-7-3-2-4-8-16/h2-10,18,21H,11-15H2,1H3. The van der Waals surface area contributed by atoms with Crippen LogP contribution >= 0.6 is 0 Å². The summed E-state index contributed by atoms with van der Waals surface area (Å²) in [5.41, 5.74) is 2.33. The van der Waals surface area contributed by atoms with Gasteiger partial charge in [0.15, 0.2) is 6.61 Å². The van der Waals surface area contributed by atoms with E-state index in [1.54, 1.807) is 4.90 Å². The lowest BCUT2D eigenvalue weighted by Crippen LogP contribution is -2.40. The second-order valence-corrected chi connectivity index (χ2v) is 6.21. The first-order chi connectivity index (χ1) is 11.7. The van der Waals surface area contributed by atoms with E-state index in [9.17, 15) is 4.79 Å². The summed E-state index contributed by atoms with van der Waals surface area (Å²) in [5, 5.41) is 3.28. The van der Waals surface area contributed by atoms with Gasteiger partial charge >= 0.3 is 0 Å². The van der Waals surface area contributed by atoms with Gasteiger partial charge < -0.3 is 15.0 Å². The van der Waals surface area contributed by atoms with E-state index in [0.717, 1.165) is 37.2 Å². The molecule has 2 aromatic carbocycles. The Kier molecular flexibility index (Phi) is 5.49. The molecule has 4 nitrogen and oxygen atoms in total. The molecule has 0 aliphatic carbocycles. The van der Waals surface area contributed by atoms with Crippen LogP contribution in [0.3, 0.4) is 0 Å². The Hall–Kier alpha value is -2.33. The second kappa shape index (κ2) is 7.97. The number of ether oxygens (including phenoxy) is 1. The van der Waals surface area contributed by atoms with Crippen LogP contribution in [0, 0.1) is 0 Å². The van der Waals surface area contributed by atoms with E-state index in [-0.39, 0.29) is 18.6 Å². The number of hydrogen-bond donors (Lipinski definition) is 1. The molecule has 1 saturated heterocycles. The summed E-state index contributed by atoms with van der Waals surface area (Å²) in [6, 6.07) is 18.5. The number of para-hydroxylation sites is 1. The summed E-state index contributed by atoms with van der Waals surface area (Å²) in [7, 11) is 1.86. The molecule has 1 unspecified atom stereocenters. The number of likely N-dealkylation sites (N-methyl/N-ethyl adjacent to an activating group) is 1. The average molecular weight is 324 g/mol. The first-order valence-corrected chi connectivity index (χ1v) is 8.45. The van der Waals surface area contributed by atoms with Gasteiger partial charge in [0.05, 0.1) is 0 Å². The molecule has 24 heavy (non-hydrogen) atoms. The molecule has 0 spiro atoms. The zero-order chi connectivity index (χ0) is 16.8. The van der Waals surface area contributed by atoms with Crippen LogP contribution in [0.1, 0.15) is 17.5 Å². The minimum Gasteiger partial charge on any atom is -0.483 e. The van der Waals surface area contributed by atoms with Crippen LogP contribution in [0.15, 0.2) is 54.6 Å². The Morgan fingerprint density at radius 3 is 2.67 bits per heavy atom. The van der Waals surface area contributed by atoms with E-state index in [0.29, 0.717) is 0 Å². The van der Waals surface area contributed by atoms with Crippen LogP contribution in [0.4, 0.5) is 0 Å². The van der Waals surface area contributed by atoms with E-state index in [4.69, 9.17) is 4.74 Å². The third-order valence-corrected chi connectivity index (χ3v) is 4.54. The Morgan fingerprint density at radius 2 is 1.92 bits per heavy atom. The molecule has 4 heteroatoms. The molecule has 1 atom stereocenters. The van der Waals surface area contributed by atoms with Crippen molar-refractivity contribution in [2.75, 3.05) is 26.7 Å². The SMILES string of the molecule is CN(C(=O)COc1ccccc1Cc1ccccc1)C1CCNC1. The molecule has 126 valence electrons. The maximum Gasteiger partial charge on any atom is 0.260 e. The smallest absolute Gasteiger partial charge is 0.260 e. The summed E-state index contributed by atoms with van der Waals surface area (Å²) in [5.74, 6) is 0.811. The van der Waals surface area contributed by atoms with Crippen molar-refractivity contribution in [2.45, 2.75) is 18.9 Å². The first-order valence-electron chi connectivity index (χ1n) is 8.45. The topological polar surface area (TPSA) is 41.6 Å². The van der Waals surface area contributed by atoms with Gasteiger partial charge in [0.2, 0.25) is 0 Å². The molecule has 0 radical (unpaired) electrons. The van der Waals surface area contributed by atoms with Crippen molar-refractivity contribution in [1.82, 2.24) is 10.2 Å². The summed E-state index contributed by atoms with van der Waals surface area (Å²) in [4.78, 5) is 14.2. The fourth-order valence-corrected chi connectivity index (χ4v) is 3.02. The number of nitrogens with zero attached hydrogens (tertiary/aromatic N) is 1. The molecule has 3 rings (SSSR count). The Balaban J connectivity index is 1.61. The predicted octanol–water partition coefficient (Wildman–Crippen LogP) is 2.48. The fraction of sp³-hybridized carbons (Fsp3) is 0.350. The quantitative estimate of drug-likeness (QED) is 0.887. The van der Waals surface area contributed by atoms with Gasteiger partial charge in [-0.05, 0) is 30.2 Å². The molecule has 0 bridgehead atoms. The molecular weight excluding hydrogens is 300 g/mol. The van der Waals surface area contributed by atoms with Crippen LogP contribution < -0.4 is 10.1 Å². The van der Waals surface area contributed by atoms with Crippen molar-refractivity contribution >= 4 is 5.91 Å². The molecule has 1 amide bonds. The maximum atomic E-state index is 12.3. The summed E-state index contributed by atoms with van der Waals surface area (Å²) in [6.45, 7) is 1.93. The normalized spacial score (nSPS) is 16.8. The number of amides is 1. The lowest BCUT2D eigenvalue weighted by Gasteiger charge is -2.24. The molecule has 0 saturated carbocycles. The van der Waals surface area contributed by atoms with Crippen LogP contribution in [-0.4, -0.2) is 43.6 Å². The van der Waals surface area contributed by atoms with E-state index in [1.807, 2.05) is 43.4 Å². The van der Waals surface area contributed by atoms with Gasteiger partial charge in [0.1, 0.15) is 5.75 Å². The van der Waals surface area contributed by atoms with Gasteiger partial charge in [-0.1, -0.05) is 48.5 Å². The lowest BCUT2D eigenvalue weighted by molar-refractivity contribution is -0.133. The number of benzene rings is 2. The van der Waals surface area contributed by atoms with E-state index in [2.05, 4.69) is 23.5 Å². The Labute approximate surface area is 143 Å². The minimum absolute atomic E-state index is 0.0261. The van der Waals surface area contributed by atoms with Crippen LogP contribution in [0.25, 0.3) is 0 Å².